The van der Waals surface area contributed by atoms with Crippen molar-refractivity contribution in [1.82, 2.24) is 4.90 Å². The molecule has 0 heterocycles. The van der Waals surface area contributed by atoms with Crippen molar-refractivity contribution >= 4 is 17.6 Å². The van der Waals surface area contributed by atoms with Gasteiger partial charge in [-0.1, -0.05) is 12.1 Å². The maximum absolute atomic E-state index is 11.9. The first-order valence-corrected chi connectivity index (χ1v) is 6.83. The fraction of sp³-hybridized carbons (Fsp3) is 0.467. The van der Waals surface area contributed by atoms with Crippen LogP contribution in [0.5, 0.6) is 0 Å². The lowest BCUT2D eigenvalue weighted by atomic mass is 10.1. The topological polar surface area (TPSA) is 58.6 Å². The quantitative estimate of drug-likeness (QED) is 0.776. The van der Waals surface area contributed by atoms with Crippen LogP contribution in [-0.2, 0) is 9.53 Å². The van der Waals surface area contributed by atoms with Gasteiger partial charge in [0.2, 0.25) is 5.91 Å². The largest absolute Gasteiger partial charge is 0.465 e. The van der Waals surface area contributed by atoms with Crippen LogP contribution >= 0.6 is 0 Å². The van der Waals surface area contributed by atoms with Crippen LogP contribution in [0.1, 0.15) is 30.6 Å². The van der Waals surface area contributed by atoms with Gasteiger partial charge in [-0.2, -0.15) is 0 Å². The lowest BCUT2D eigenvalue weighted by molar-refractivity contribution is -0.130. The van der Waals surface area contributed by atoms with Gasteiger partial charge in [0.05, 0.1) is 12.7 Å². The van der Waals surface area contributed by atoms with E-state index < -0.39 is 0 Å². The molecule has 0 bridgehead atoms. The zero-order valence-electron chi connectivity index (χ0n) is 12.3. The minimum atomic E-state index is -0.386. The van der Waals surface area contributed by atoms with E-state index in [2.05, 4.69) is 5.32 Å². The van der Waals surface area contributed by atoms with E-state index in [1.54, 1.807) is 23.1 Å². The summed E-state index contributed by atoms with van der Waals surface area (Å²) < 4.78 is 4.72. The smallest absolute Gasteiger partial charge is 0.339 e. The second-order valence-electron chi connectivity index (χ2n) is 4.28. The van der Waals surface area contributed by atoms with Gasteiger partial charge in [0.1, 0.15) is 0 Å². The van der Waals surface area contributed by atoms with Gasteiger partial charge in [0.25, 0.3) is 0 Å². The predicted octanol–water partition coefficient (Wildman–Crippen LogP) is 2.14. The molecule has 0 saturated carbocycles. The first-order valence-electron chi connectivity index (χ1n) is 6.83. The molecule has 1 aromatic carbocycles. The summed E-state index contributed by atoms with van der Waals surface area (Å²) in [4.78, 5) is 25.2. The van der Waals surface area contributed by atoms with Crippen LogP contribution in [0.15, 0.2) is 24.3 Å². The van der Waals surface area contributed by atoms with Crippen LogP contribution in [0.2, 0.25) is 0 Å². The van der Waals surface area contributed by atoms with Gasteiger partial charge in [-0.05, 0) is 26.0 Å². The maximum atomic E-state index is 11.9. The third kappa shape index (κ3) is 4.26. The number of carbonyl (C=O) groups is 2. The highest BCUT2D eigenvalue weighted by Gasteiger charge is 2.12. The summed E-state index contributed by atoms with van der Waals surface area (Å²) in [5.41, 5.74) is 1.16. The number of anilines is 1. The Morgan fingerprint density at radius 1 is 1.20 bits per heavy atom. The van der Waals surface area contributed by atoms with Gasteiger partial charge in [0, 0.05) is 31.7 Å². The number of nitrogens with one attached hydrogen (secondary N) is 1. The highest BCUT2D eigenvalue weighted by atomic mass is 16.5. The van der Waals surface area contributed by atoms with E-state index in [1.807, 2.05) is 19.9 Å². The highest BCUT2D eigenvalue weighted by molar-refractivity contribution is 5.95. The van der Waals surface area contributed by atoms with E-state index in [4.69, 9.17) is 4.74 Å². The molecule has 1 aromatic rings. The number of hydrogen-bond donors (Lipinski definition) is 1. The van der Waals surface area contributed by atoms with Crippen LogP contribution in [-0.4, -0.2) is 43.5 Å². The van der Waals surface area contributed by atoms with E-state index in [0.717, 1.165) is 0 Å². The fourth-order valence-corrected chi connectivity index (χ4v) is 1.96. The van der Waals surface area contributed by atoms with Crippen molar-refractivity contribution in [2.75, 3.05) is 32.1 Å². The molecule has 1 N–H and O–H groups in total. The van der Waals surface area contributed by atoms with Crippen LogP contribution in [0.3, 0.4) is 0 Å². The Morgan fingerprint density at radius 3 is 2.45 bits per heavy atom. The Hall–Kier alpha value is -2.04. The van der Waals surface area contributed by atoms with Gasteiger partial charge in [-0.15, -0.1) is 0 Å². The molecular weight excluding hydrogens is 256 g/mol. The van der Waals surface area contributed by atoms with E-state index in [1.165, 1.54) is 7.11 Å². The molecule has 0 aliphatic carbocycles. The van der Waals surface area contributed by atoms with Gasteiger partial charge in [-0.25, -0.2) is 4.79 Å². The van der Waals surface area contributed by atoms with Crippen LogP contribution in [0.4, 0.5) is 5.69 Å². The lowest BCUT2D eigenvalue weighted by Crippen LogP contribution is -2.31. The van der Waals surface area contributed by atoms with Gasteiger partial charge in [0.15, 0.2) is 0 Å². The van der Waals surface area contributed by atoms with Crippen molar-refractivity contribution in [2.45, 2.75) is 20.3 Å². The Kier molecular flexibility index (Phi) is 6.56. The summed E-state index contributed by atoms with van der Waals surface area (Å²) >= 11 is 0. The molecular formula is C15H22N2O3. The van der Waals surface area contributed by atoms with E-state index >= 15 is 0 Å². The second-order valence-corrected chi connectivity index (χ2v) is 4.28. The van der Waals surface area contributed by atoms with E-state index in [-0.39, 0.29) is 11.9 Å². The molecule has 5 heteroatoms. The molecule has 0 aromatic heterocycles. The summed E-state index contributed by atoms with van der Waals surface area (Å²) in [7, 11) is 1.35. The molecule has 1 amide bonds. The van der Waals surface area contributed by atoms with Crippen molar-refractivity contribution in [3.05, 3.63) is 29.8 Å². The first kappa shape index (κ1) is 16.0. The van der Waals surface area contributed by atoms with E-state index in [9.17, 15) is 9.59 Å². The van der Waals surface area contributed by atoms with Crippen LogP contribution < -0.4 is 5.32 Å². The van der Waals surface area contributed by atoms with Crippen LogP contribution in [0, 0.1) is 0 Å². The summed E-state index contributed by atoms with van der Waals surface area (Å²) in [5.74, 6) is -0.277. The number of nitrogens with zero attached hydrogens (tertiary/aromatic N) is 1. The molecule has 0 saturated heterocycles. The number of amides is 1. The fourth-order valence-electron chi connectivity index (χ4n) is 1.96. The van der Waals surface area contributed by atoms with Gasteiger partial charge in [-0.3, -0.25) is 4.79 Å². The molecule has 0 unspecified atom stereocenters. The summed E-state index contributed by atoms with van der Waals surface area (Å²) in [5, 5.41) is 3.11. The van der Waals surface area contributed by atoms with Crippen LogP contribution in [0.25, 0.3) is 0 Å². The SMILES string of the molecule is CCN(CC)C(=O)CCNc1ccccc1C(=O)OC. The Bertz CT molecular complexity index is 456. The number of ether oxygens (including phenoxy) is 1. The summed E-state index contributed by atoms with van der Waals surface area (Å²) in [6.07, 6.45) is 0.400. The standard InChI is InChI=1S/C15H22N2O3/c1-4-17(5-2)14(18)10-11-16-13-9-7-6-8-12(13)15(19)20-3/h6-9,16H,4-5,10-11H2,1-3H3. The molecule has 5 nitrogen and oxygen atoms in total. The third-order valence-corrected chi connectivity index (χ3v) is 3.10. The average molecular weight is 278 g/mol. The molecule has 0 aliphatic rings. The number of para-hydroxylation sites is 1. The van der Waals surface area contributed by atoms with Crippen molar-refractivity contribution in [3.8, 4) is 0 Å². The molecule has 0 radical (unpaired) electrons. The Balaban J connectivity index is 2.58. The molecule has 0 atom stereocenters. The van der Waals surface area contributed by atoms with Gasteiger partial charge < -0.3 is 15.0 Å². The minimum absolute atomic E-state index is 0.109. The molecule has 1 rings (SSSR count). The first-order chi connectivity index (χ1) is 9.63. The second kappa shape index (κ2) is 8.19. The van der Waals surface area contributed by atoms with Gasteiger partial charge >= 0.3 is 5.97 Å². The summed E-state index contributed by atoms with van der Waals surface area (Å²) in [6.45, 7) is 5.84. The molecule has 0 aliphatic heterocycles. The molecule has 0 spiro atoms. The van der Waals surface area contributed by atoms with Crippen molar-refractivity contribution in [3.63, 3.8) is 0 Å². The Labute approximate surface area is 119 Å². The van der Waals surface area contributed by atoms with E-state index in [0.29, 0.717) is 37.3 Å². The number of esters is 1. The average Bonchev–Trinajstić information content (AvgIpc) is 2.48. The Morgan fingerprint density at radius 2 is 1.85 bits per heavy atom. The summed E-state index contributed by atoms with van der Waals surface area (Å²) in [6, 6.07) is 7.11. The number of hydrogen-bond acceptors (Lipinski definition) is 4. The highest BCUT2D eigenvalue weighted by Crippen LogP contribution is 2.15. The number of rotatable bonds is 7. The lowest BCUT2D eigenvalue weighted by Gasteiger charge is -2.19. The van der Waals surface area contributed by atoms with Crippen molar-refractivity contribution in [1.29, 1.82) is 0 Å². The minimum Gasteiger partial charge on any atom is -0.465 e. The number of carbonyl (C=O) groups excluding carboxylic acids is 2. The van der Waals surface area contributed by atoms with Crippen molar-refractivity contribution in [2.24, 2.45) is 0 Å². The maximum Gasteiger partial charge on any atom is 0.339 e. The third-order valence-electron chi connectivity index (χ3n) is 3.10. The molecule has 0 fully saturated rings. The predicted molar refractivity (Wildman–Crippen MR) is 78.8 cm³/mol. The zero-order valence-corrected chi connectivity index (χ0v) is 12.3. The number of methoxy groups -OCH3 is 1. The normalized spacial score (nSPS) is 9.95. The van der Waals surface area contributed by atoms with Crippen molar-refractivity contribution < 1.29 is 14.3 Å². The molecule has 20 heavy (non-hydrogen) atoms. The zero-order chi connectivity index (χ0) is 15.0. The molecule has 110 valence electrons. The number of benzene rings is 1. The monoisotopic (exact) mass is 278 g/mol.